The molecule has 1 unspecified atom stereocenters. The maximum atomic E-state index is 12.7. The average Bonchev–Trinajstić information content (AvgIpc) is 3.28. The molecule has 0 saturated heterocycles. The first-order chi connectivity index (χ1) is 31.0. The minimum Gasteiger partial charge on any atom is -0.462 e. The van der Waals surface area contributed by atoms with Crippen molar-refractivity contribution in [1.29, 1.82) is 0 Å². The van der Waals surface area contributed by atoms with Gasteiger partial charge in [0.1, 0.15) is 13.2 Å². The molecule has 0 fully saturated rings. The summed E-state index contributed by atoms with van der Waals surface area (Å²) in [7, 11) is 0. The van der Waals surface area contributed by atoms with Gasteiger partial charge in [0.05, 0.1) is 0 Å². The first kappa shape index (κ1) is 60.6. The van der Waals surface area contributed by atoms with E-state index in [1.807, 2.05) is 0 Å². The molecule has 6 nitrogen and oxygen atoms in total. The second-order valence-electron chi connectivity index (χ2n) is 18.5. The summed E-state index contributed by atoms with van der Waals surface area (Å²) in [5.74, 6) is -0.886. The zero-order valence-electron chi connectivity index (χ0n) is 42.1. The highest BCUT2D eigenvalue weighted by molar-refractivity contribution is 5.71. The van der Waals surface area contributed by atoms with Crippen molar-refractivity contribution < 1.29 is 28.6 Å². The predicted molar refractivity (Wildman–Crippen MR) is 270 cm³/mol. The van der Waals surface area contributed by atoms with E-state index in [1.54, 1.807) is 0 Å². The van der Waals surface area contributed by atoms with Crippen LogP contribution in [-0.4, -0.2) is 37.2 Å². The first-order valence-electron chi connectivity index (χ1n) is 27.5. The number of carbonyl (C=O) groups is 3. The summed E-state index contributed by atoms with van der Waals surface area (Å²) in [6.45, 7) is 6.55. The van der Waals surface area contributed by atoms with Crippen LogP contribution in [0.15, 0.2) is 36.5 Å². The molecule has 368 valence electrons. The lowest BCUT2D eigenvalue weighted by atomic mass is 10.0. The van der Waals surface area contributed by atoms with Gasteiger partial charge in [0, 0.05) is 19.3 Å². The third-order valence-corrected chi connectivity index (χ3v) is 12.1. The van der Waals surface area contributed by atoms with Gasteiger partial charge in [-0.25, -0.2) is 0 Å². The third kappa shape index (κ3) is 50.5. The van der Waals surface area contributed by atoms with Crippen molar-refractivity contribution in [3.05, 3.63) is 36.5 Å². The van der Waals surface area contributed by atoms with E-state index in [9.17, 15) is 14.4 Å². The smallest absolute Gasteiger partial charge is 0.306 e. The fraction of sp³-hybridized carbons (Fsp3) is 0.842. The van der Waals surface area contributed by atoms with Gasteiger partial charge in [-0.3, -0.25) is 14.4 Å². The maximum Gasteiger partial charge on any atom is 0.306 e. The molecular formula is C57H104O6. The highest BCUT2D eigenvalue weighted by atomic mass is 16.6. The third-order valence-electron chi connectivity index (χ3n) is 12.1. The zero-order valence-corrected chi connectivity index (χ0v) is 42.1. The molecule has 0 aliphatic carbocycles. The van der Waals surface area contributed by atoms with Gasteiger partial charge in [-0.2, -0.15) is 0 Å². The van der Waals surface area contributed by atoms with Crippen molar-refractivity contribution in [3.8, 4) is 0 Å². The minimum absolute atomic E-state index is 0.0741. The molecule has 0 bridgehead atoms. The maximum absolute atomic E-state index is 12.7. The number of carbonyl (C=O) groups excluding carboxylic acids is 3. The van der Waals surface area contributed by atoms with Crippen LogP contribution >= 0.6 is 0 Å². The Balaban J connectivity index is 4.08. The molecule has 0 amide bonds. The summed E-state index contributed by atoms with van der Waals surface area (Å²) in [6, 6.07) is 0. The summed E-state index contributed by atoms with van der Waals surface area (Å²) in [5.41, 5.74) is 0. The second kappa shape index (κ2) is 52.3. The lowest BCUT2D eigenvalue weighted by Gasteiger charge is -2.18. The fourth-order valence-corrected chi connectivity index (χ4v) is 7.94. The molecule has 0 aliphatic rings. The first-order valence-corrected chi connectivity index (χ1v) is 27.5. The molecule has 0 aliphatic heterocycles. The van der Waals surface area contributed by atoms with Crippen molar-refractivity contribution in [3.63, 3.8) is 0 Å². The lowest BCUT2D eigenvalue weighted by molar-refractivity contribution is -0.167. The van der Waals surface area contributed by atoms with Gasteiger partial charge in [0.15, 0.2) is 6.10 Å². The molecular weight excluding hydrogens is 781 g/mol. The van der Waals surface area contributed by atoms with Crippen LogP contribution < -0.4 is 0 Å². The minimum atomic E-state index is -0.771. The molecule has 0 spiro atoms. The van der Waals surface area contributed by atoms with Gasteiger partial charge < -0.3 is 14.2 Å². The van der Waals surface area contributed by atoms with Crippen molar-refractivity contribution >= 4 is 17.9 Å². The monoisotopic (exact) mass is 885 g/mol. The van der Waals surface area contributed by atoms with E-state index in [0.717, 1.165) is 77.0 Å². The van der Waals surface area contributed by atoms with Crippen molar-refractivity contribution in [1.82, 2.24) is 0 Å². The Morgan fingerprint density at radius 2 is 0.571 bits per heavy atom. The largest absolute Gasteiger partial charge is 0.462 e. The molecule has 1 atom stereocenters. The Hall–Kier alpha value is -2.37. The van der Waals surface area contributed by atoms with Crippen LogP contribution in [0.4, 0.5) is 0 Å². The number of hydrogen-bond donors (Lipinski definition) is 0. The normalized spacial score (nSPS) is 12.2. The number of unbranched alkanes of at least 4 members (excludes halogenated alkanes) is 33. The standard InChI is InChI=1S/C57H104O6/c1-4-7-10-13-15-17-19-21-23-25-26-27-28-29-30-32-33-35-37-39-41-44-47-50-56(59)62-53-54(52-61-55(58)49-46-43-12-9-6-3)63-57(60)51-48-45-42-40-38-36-34-31-24-22-20-18-16-14-11-8-5-2/h16,18,22,24-26,54H,4-15,17,19-21,23,27-53H2,1-3H3/b18-16-,24-22-,26-25-. The molecule has 0 aromatic rings. The van der Waals surface area contributed by atoms with Gasteiger partial charge in [0.2, 0.25) is 0 Å². The molecule has 6 heteroatoms. The van der Waals surface area contributed by atoms with Gasteiger partial charge >= 0.3 is 17.9 Å². The number of allylic oxidation sites excluding steroid dienone is 6. The Morgan fingerprint density at radius 1 is 0.317 bits per heavy atom. The van der Waals surface area contributed by atoms with Crippen LogP contribution in [0.3, 0.4) is 0 Å². The molecule has 0 radical (unpaired) electrons. The lowest BCUT2D eigenvalue weighted by Crippen LogP contribution is -2.30. The van der Waals surface area contributed by atoms with Gasteiger partial charge in [-0.1, -0.05) is 231 Å². The Kier molecular flexibility index (Phi) is 50.3. The van der Waals surface area contributed by atoms with E-state index in [1.165, 1.54) is 173 Å². The van der Waals surface area contributed by atoms with Crippen LogP contribution in [0.25, 0.3) is 0 Å². The summed E-state index contributed by atoms with van der Waals surface area (Å²) >= 11 is 0. The van der Waals surface area contributed by atoms with Crippen LogP contribution in [0.1, 0.15) is 290 Å². The van der Waals surface area contributed by atoms with Gasteiger partial charge in [0.25, 0.3) is 0 Å². The van der Waals surface area contributed by atoms with Gasteiger partial charge in [-0.05, 0) is 77.0 Å². The molecule has 0 heterocycles. The van der Waals surface area contributed by atoms with Gasteiger partial charge in [-0.15, -0.1) is 0 Å². The summed E-state index contributed by atoms with van der Waals surface area (Å²) in [6.07, 6.45) is 61.8. The predicted octanol–water partition coefficient (Wildman–Crippen LogP) is 18.1. The molecule has 0 rings (SSSR count). The Labute approximate surface area is 391 Å². The molecule has 63 heavy (non-hydrogen) atoms. The van der Waals surface area contributed by atoms with E-state index in [-0.39, 0.29) is 31.1 Å². The highest BCUT2D eigenvalue weighted by Gasteiger charge is 2.19. The number of hydrogen-bond acceptors (Lipinski definition) is 6. The fourth-order valence-electron chi connectivity index (χ4n) is 7.94. The Bertz CT molecular complexity index is 1060. The number of rotatable bonds is 50. The summed E-state index contributed by atoms with van der Waals surface area (Å²) in [4.78, 5) is 37.7. The average molecular weight is 885 g/mol. The molecule has 0 aromatic heterocycles. The van der Waals surface area contributed by atoms with E-state index in [2.05, 4.69) is 57.2 Å². The summed E-state index contributed by atoms with van der Waals surface area (Å²) < 4.78 is 16.7. The number of ether oxygens (including phenoxy) is 3. The van der Waals surface area contributed by atoms with Crippen LogP contribution in [0.2, 0.25) is 0 Å². The molecule has 0 aromatic carbocycles. The van der Waals surface area contributed by atoms with E-state index in [4.69, 9.17) is 14.2 Å². The van der Waals surface area contributed by atoms with Crippen LogP contribution in [-0.2, 0) is 28.6 Å². The zero-order chi connectivity index (χ0) is 45.8. The SMILES string of the molecule is CCCCC/C=C\C/C=C\CCCCCCCCCC(=O)OC(COC(=O)CCCCCCC)COC(=O)CCCCCCCCCCCCC/C=C\CCCCCCCCCC. The quantitative estimate of drug-likeness (QED) is 0.0262. The van der Waals surface area contributed by atoms with Crippen LogP contribution in [0, 0.1) is 0 Å². The van der Waals surface area contributed by atoms with Crippen molar-refractivity contribution in [2.24, 2.45) is 0 Å². The molecule has 0 saturated carbocycles. The highest BCUT2D eigenvalue weighted by Crippen LogP contribution is 2.16. The number of esters is 3. The van der Waals surface area contributed by atoms with Crippen molar-refractivity contribution in [2.45, 2.75) is 297 Å². The van der Waals surface area contributed by atoms with Crippen LogP contribution in [0.5, 0.6) is 0 Å². The van der Waals surface area contributed by atoms with E-state index in [0.29, 0.717) is 19.3 Å². The Morgan fingerprint density at radius 3 is 0.921 bits per heavy atom. The molecule has 0 N–H and O–H groups in total. The second-order valence-corrected chi connectivity index (χ2v) is 18.5. The van der Waals surface area contributed by atoms with E-state index < -0.39 is 6.10 Å². The van der Waals surface area contributed by atoms with E-state index >= 15 is 0 Å². The summed E-state index contributed by atoms with van der Waals surface area (Å²) in [5, 5.41) is 0. The van der Waals surface area contributed by atoms with Crippen molar-refractivity contribution in [2.75, 3.05) is 13.2 Å². The topological polar surface area (TPSA) is 78.9 Å².